The number of aromatic nitrogens is 2. The van der Waals surface area contributed by atoms with E-state index < -0.39 is 0 Å². The monoisotopic (exact) mass is 345 g/mol. The summed E-state index contributed by atoms with van der Waals surface area (Å²) in [6.07, 6.45) is 0. The molecule has 0 unspecified atom stereocenters. The van der Waals surface area contributed by atoms with Crippen LogP contribution in [0.4, 0.5) is 0 Å². The van der Waals surface area contributed by atoms with Gasteiger partial charge in [0.15, 0.2) is 6.61 Å². The van der Waals surface area contributed by atoms with E-state index in [1.54, 1.807) is 36.4 Å². The quantitative estimate of drug-likeness (QED) is 0.696. The molecule has 0 bridgehead atoms. The molecule has 0 aliphatic heterocycles. The molecule has 2 aromatic carbocycles. The number of hydrogen-bond acceptors (Lipinski definition) is 5. The van der Waals surface area contributed by atoms with E-state index in [0.29, 0.717) is 33.1 Å². The first-order chi connectivity index (χ1) is 11.2. The normalized spacial score (nSPS) is 10.3. The fraction of sp³-hybridized carbons (Fsp3) is 0.0625. The van der Waals surface area contributed by atoms with Crippen molar-refractivity contribution in [2.75, 3.05) is 0 Å². The molecule has 0 fully saturated rings. The summed E-state index contributed by atoms with van der Waals surface area (Å²) in [5.74, 6) is 1.21. The number of nitriles is 1. The summed E-state index contributed by atoms with van der Waals surface area (Å²) in [4.78, 5) is 4.25. The Morgan fingerprint density at radius 2 is 1.91 bits per heavy atom. The van der Waals surface area contributed by atoms with Gasteiger partial charge in [-0.1, -0.05) is 28.4 Å². The molecule has 3 aromatic rings. The SMILES string of the molecule is N#Cc1ccc(OCc2nc(-c3ccc(Cl)cc3)no2)c(Cl)c1. The molecular weight excluding hydrogens is 337 g/mol. The molecule has 0 aliphatic carbocycles. The average molecular weight is 346 g/mol. The van der Waals surface area contributed by atoms with Crippen LogP contribution in [0.1, 0.15) is 11.5 Å². The summed E-state index contributed by atoms with van der Waals surface area (Å²) < 4.78 is 10.7. The van der Waals surface area contributed by atoms with E-state index in [1.807, 2.05) is 6.07 Å². The summed E-state index contributed by atoms with van der Waals surface area (Å²) in [6, 6.07) is 13.9. The van der Waals surface area contributed by atoms with Gasteiger partial charge in [-0.05, 0) is 42.5 Å². The lowest BCUT2D eigenvalue weighted by Crippen LogP contribution is -1.96. The number of hydrogen-bond donors (Lipinski definition) is 0. The third-order valence-corrected chi connectivity index (χ3v) is 3.53. The van der Waals surface area contributed by atoms with Crippen LogP contribution in [0.15, 0.2) is 47.0 Å². The molecule has 0 saturated heterocycles. The smallest absolute Gasteiger partial charge is 0.264 e. The zero-order valence-electron chi connectivity index (χ0n) is 11.7. The third-order valence-electron chi connectivity index (χ3n) is 2.98. The second kappa shape index (κ2) is 6.69. The molecule has 0 N–H and O–H groups in total. The zero-order valence-corrected chi connectivity index (χ0v) is 13.2. The predicted octanol–water partition coefficient (Wildman–Crippen LogP) is 4.49. The Kier molecular flexibility index (Phi) is 4.47. The number of nitrogens with zero attached hydrogens (tertiary/aromatic N) is 3. The Morgan fingerprint density at radius 3 is 2.61 bits per heavy atom. The Balaban J connectivity index is 1.70. The lowest BCUT2D eigenvalue weighted by Gasteiger charge is -2.05. The van der Waals surface area contributed by atoms with Gasteiger partial charge in [0.2, 0.25) is 5.82 Å². The van der Waals surface area contributed by atoms with Gasteiger partial charge in [-0.2, -0.15) is 10.2 Å². The lowest BCUT2D eigenvalue weighted by atomic mass is 10.2. The summed E-state index contributed by atoms with van der Waals surface area (Å²) in [7, 11) is 0. The van der Waals surface area contributed by atoms with E-state index in [-0.39, 0.29) is 6.61 Å². The van der Waals surface area contributed by atoms with Crippen LogP contribution in [0.5, 0.6) is 5.75 Å². The molecule has 1 heterocycles. The van der Waals surface area contributed by atoms with Gasteiger partial charge in [0.1, 0.15) is 5.75 Å². The molecule has 0 saturated carbocycles. The summed E-state index contributed by atoms with van der Waals surface area (Å²) in [6.45, 7) is 0.0756. The Morgan fingerprint density at radius 1 is 1.13 bits per heavy atom. The summed E-state index contributed by atoms with van der Waals surface area (Å²) >= 11 is 11.9. The minimum atomic E-state index is 0.0756. The van der Waals surface area contributed by atoms with Gasteiger partial charge in [-0.3, -0.25) is 0 Å². The van der Waals surface area contributed by atoms with E-state index >= 15 is 0 Å². The number of rotatable bonds is 4. The second-order valence-corrected chi connectivity index (χ2v) is 5.41. The minimum absolute atomic E-state index is 0.0756. The van der Waals surface area contributed by atoms with Crippen LogP contribution in [0, 0.1) is 11.3 Å². The Hall–Kier alpha value is -2.55. The summed E-state index contributed by atoms with van der Waals surface area (Å²) in [5.41, 5.74) is 1.26. The van der Waals surface area contributed by atoms with Crippen LogP contribution < -0.4 is 4.74 Å². The van der Waals surface area contributed by atoms with Crippen LogP contribution in [0.25, 0.3) is 11.4 Å². The van der Waals surface area contributed by atoms with Crippen LogP contribution in [0.3, 0.4) is 0 Å². The standard InChI is InChI=1S/C16H9Cl2N3O2/c17-12-4-2-11(3-5-12)16-20-15(23-21-16)9-22-14-6-1-10(8-19)7-13(14)18/h1-7H,9H2. The fourth-order valence-electron chi connectivity index (χ4n) is 1.86. The van der Waals surface area contributed by atoms with E-state index in [9.17, 15) is 0 Å². The van der Waals surface area contributed by atoms with Gasteiger partial charge in [0.05, 0.1) is 16.7 Å². The van der Waals surface area contributed by atoms with Gasteiger partial charge in [0, 0.05) is 10.6 Å². The van der Waals surface area contributed by atoms with E-state index in [2.05, 4.69) is 10.1 Å². The van der Waals surface area contributed by atoms with Crippen LogP contribution >= 0.6 is 23.2 Å². The highest BCUT2D eigenvalue weighted by molar-refractivity contribution is 6.32. The van der Waals surface area contributed by atoms with Crippen molar-refractivity contribution < 1.29 is 9.26 Å². The van der Waals surface area contributed by atoms with Crippen LogP contribution in [-0.2, 0) is 6.61 Å². The van der Waals surface area contributed by atoms with Gasteiger partial charge >= 0.3 is 0 Å². The van der Waals surface area contributed by atoms with Crippen molar-refractivity contribution in [3.8, 4) is 23.2 Å². The Labute approximate surface area is 142 Å². The highest BCUT2D eigenvalue weighted by Gasteiger charge is 2.10. The van der Waals surface area contributed by atoms with Crippen molar-refractivity contribution in [2.45, 2.75) is 6.61 Å². The number of benzene rings is 2. The number of halogens is 2. The van der Waals surface area contributed by atoms with Crippen molar-refractivity contribution in [3.05, 3.63) is 64.0 Å². The molecular formula is C16H9Cl2N3O2. The molecule has 0 spiro atoms. The van der Waals surface area contributed by atoms with Crippen molar-refractivity contribution >= 4 is 23.2 Å². The fourth-order valence-corrected chi connectivity index (χ4v) is 2.22. The zero-order chi connectivity index (χ0) is 16.2. The molecule has 3 rings (SSSR count). The molecule has 7 heteroatoms. The minimum Gasteiger partial charge on any atom is -0.482 e. The van der Waals surface area contributed by atoms with E-state index in [1.165, 1.54) is 6.07 Å². The van der Waals surface area contributed by atoms with Gasteiger partial charge in [-0.15, -0.1) is 0 Å². The van der Waals surface area contributed by atoms with Crippen molar-refractivity contribution in [3.63, 3.8) is 0 Å². The molecule has 114 valence electrons. The molecule has 0 aliphatic rings. The molecule has 1 aromatic heterocycles. The highest BCUT2D eigenvalue weighted by atomic mass is 35.5. The summed E-state index contributed by atoms with van der Waals surface area (Å²) in [5, 5.41) is 13.7. The van der Waals surface area contributed by atoms with Crippen molar-refractivity contribution in [2.24, 2.45) is 0 Å². The predicted molar refractivity (Wildman–Crippen MR) is 85.2 cm³/mol. The highest BCUT2D eigenvalue weighted by Crippen LogP contribution is 2.26. The van der Waals surface area contributed by atoms with Gasteiger partial charge in [-0.25, -0.2) is 0 Å². The maximum absolute atomic E-state index is 8.80. The lowest BCUT2D eigenvalue weighted by molar-refractivity contribution is 0.243. The first-order valence-corrected chi connectivity index (χ1v) is 7.32. The number of ether oxygens (including phenoxy) is 1. The largest absolute Gasteiger partial charge is 0.482 e. The Bertz CT molecular complexity index is 870. The van der Waals surface area contributed by atoms with Crippen molar-refractivity contribution in [1.29, 1.82) is 5.26 Å². The first kappa shape index (κ1) is 15.3. The molecule has 0 amide bonds. The first-order valence-electron chi connectivity index (χ1n) is 6.56. The van der Waals surface area contributed by atoms with E-state index in [0.717, 1.165) is 5.56 Å². The van der Waals surface area contributed by atoms with Crippen LogP contribution in [-0.4, -0.2) is 10.1 Å². The molecule has 0 atom stereocenters. The topological polar surface area (TPSA) is 71.9 Å². The molecule has 23 heavy (non-hydrogen) atoms. The van der Waals surface area contributed by atoms with Crippen molar-refractivity contribution in [1.82, 2.24) is 10.1 Å². The maximum Gasteiger partial charge on any atom is 0.264 e. The molecule has 5 nitrogen and oxygen atoms in total. The van der Waals surface area contributed by atoms with Crippen LogP contribution in [0.2, 0.25) is 10.0 Å². The maximum atomic E-state index is 8.80. The van der Waals surface area contributed by atoms with Gasteiger partial charge in [0.25, 0.3) is 5.89 Å². The third kappa shape index (κ3) is 3.62. The average Bonchev–Trinajstić information content (AvgIpc) is 3.03. The molecule has 0 radical (unpaired) electrons. The van der Waals surface area contributed by atoms with Gasteiger partial charge < -0.3 is 9.26 Å². The second-order valence-electron chi connectivity index (χ2n) is 4.56. The van der Waals surface area contributed by atoms with E-state index in [4.69, 9.17) is 37.7 Å².